The van der Waals surface area contributed by atoms with Gasteiger partial charge in [-0.3, -0.25) is 4.79 Å². The van der Waals surface area contributed by atoms with Gasteiger partial charge in [0.25, 0.3) is 0 Å². The molecular formula is C23H34N4O5. The molecule has 2 amide bonds. The summed E-state index contributed by atoms with van der Waals surface area (Å²) in [5.74, 6) is -0.0846. The van der Waals surface area contributed by atoms with E-state index in [-0.39, 0.29) is 12.4 Å². The van der Waals surface area contributed by atoms with Crippen LogP contribution in [0.5, 0.6) is 0 Å². The predicted molar refractivity (Wildman–Crippen MR) is 120 cm³/mol. The lowest BCUT2D eigenvalue weighted by molar-refractivity contribution is -0.124. The first-order valence-corrected chi connectivity index (χ1v) is 11.3. The van der Waals surface area contributed by atoms with Crippen molar-refractivity contribution in [2.45, 2.75) is 77.3 Å². The van der Waals surface area contributed by atoms with Crippen molar-refractivity contribution >= 4 is 12.0 Å². The number of aliphatic hydroxyl groups is 1. The van der Waals surface area contributed by atoms with Crippen molar-refractivity contribution in [2.24, 2.45) is 0 Å². The van der Waals surface area contributed by atoms with E-state index in [1.165, 1.54) is 56.9 Å². The second kappa shape index (κ2) is 14.2. The normalized spacial score (nSPS) is 11.8. The van der Waals surface area contributed by atoms with Gasteiger partial charge in [-0.25, -0.2) is 4.79 Å². The minimum Gasteiger partial charge on any atom is -0.465 e. The van der Waals surface area contributed by atoms with Crippen molar-refractivity contribution in [3.05, 3.63) is 35.7 Å². The molecule has 0 unspecified atom stereocenters. The molecular weight excluding hydrogens is 412 g/mol. The third kappa shape index (κ3) is 9.05. The Balaban J connectivity index is 1.74. The Morgan fingerprint density at radius 3 is 2.31 bits per heavy atom. The number of rotatable bonds is 15. The molecule has 9 nitrogen and oxygen atoms in total. The molecule has 0 spiro atoms. The zero-order valence-electron chi connectivity index (χ0n) is 18.7. The predicted octanol–water partition coefficient (Wildman–Crippen LogP) is 3.66. The van der Waals surface area contributed by atoms with Crippen molar-refractivity contribution in [3.8, 4) is 11.4 Å². The van der Waals surface area contributed by atoms with Gasteiger partial charge in [-0.05, 0) is 18.4 Å². The number of benzene rings is 1. The number of nitrogens with one attached hydrogen (secondary N) is 2. The van der Waals surface area contributed by atoms with Gasteiger partial charge in [-0.15, -0.1) is 0 Å². The number of nitrogens with zero attached hydrogens (tertiary/aromatic N) is 2. The second-order valence-electron chi connectivity index (χ2n) is 7.84. The topological polar surface area (TPSA) is 138 Å². The third-order valence-electron chi connectivity index (χ3n) is 5.21. The van der Waals surface area contributed by atoms with E-state index in [0.29, 0.717) is 5.82 Å². The van der Waals surface area contributed by atoms with Crippen molar-refractivity contribution in [1.29, 1.82) is 0 Å². The first-order valence-electron chi connectivity index (χ1n) is 11.3. The van der Waals surface area contributed by atoms with E-state index in [1.54, 1.807) is 0 Å². The molecule has 0 aliphatic heterocycles. The number of aromatic nitrogens is 2. The Hall–Kier alpha value is -2.94. The highest BCUT2D eigenvalue weighted by atomic mass is 16.5. The fraction of sp³-hybridized carbons (Fsp3) is 0.565. The van der Waals surface area contributed by atoms with Gasteiger partial charge in [0.15, 0.2) is 0 Å². The molecule has 0 bridgehead atoms. The van der Waals surface area contributed by atoms with Crippen LogP contribution in [-0.2, 0) is 17.8 Å². The number of carboxylic acid groups (broad SMARTS) is 1. The molecule has 9 heteroatoms. The molecule has 0 saturated heterocycles. The number of unbranched alkanes of at least 4 members (excludes halogenated alkanes) is 7. The summed E-state index contributed by atoms with van der Waals surface area (Å²) in [6.45, 7) is 1.51. The number of hydrogen-bond donors (Lipinski definition) is 4. The maximum atomic E-state index is 11.9. The highest BCUT2D eigenvalue weighted by Crippen LogP contribution is 2.18. The van der Waals surface area contributed by atoms with Crippen LogP contribution in [0.3, 0.4) is 0 Å². The van der Waals surface area contributed by atoms with Crippen LogP contribution in [0.1, 0.15) is 69.7 Å². The zero-order chi connectivity index (χ0) is 23.2. The SMILES string of the molecule is CCCCCCCCCCc1ccc(-c2noc(CNC(=O)[C@H](CO)NC(=O)O)n2)cc1. The summed E-state index contributed by atoms with van der Waals surface area (Å²) in [5, 5.41) is 26.1. The fourth-order valence-corrected chi connectivity index (χ4v) is 3.36. The quantitative estimate of drug-likeness (QED) is 0.306. The maximum absolute atomic E-state index is 11.9. The monoisotopic (exact) mass is 446 g/mol. The van der Waals surface area contributed by atoms with Gasteiger partial charge in [-0.1, -0.05) is 81.3 Å². The van der Waals surface area contributed by atoms with E-state index < -0.39 is 24.6 Å². The summed E-state index contributed by atoms with van der Waals surface area (Å²) < 4.78 is 5.15. The average Bonchev–Trinajstić information content (AvgIpc) is 3.27. The molecule has 0 radical (unpaired) electrons. The summed E-state index contributed by atoms with van der Waals surface area (Å²) in [6, 6.07) is 6.77. The van der Waals surface area contributed by atoms with Crippen LogP contribution in [-0.4, -0.2) is 45.0 Å². The maximum Gasteiger partial charge on any atom is 0.405 e. The van der Waals surface area contributed by atoms with Gasteiger partial charge >= 0.3 is 6.09 Å². The van der Waals surface area contributed by atoms with Gasteiger partial charge < -0.3 is 25.4 Å². The summed E-state index contributed by atoms with van der Waals surface area (Å²) >= 11 is 0. The van der Waals surface area contributed by atoms with Crippen LogP contribution in [0.25, 0.3) is 11.4 Å². The summed E-state index contributed by atoms with van der Waals surface area (Å²) in [7, 11) is 0. The first-order chi connectivity index (χ1) is 15.5. The number of aryl methyl sites for hydroxylation is 1. The molecule has 176 valence electrons. The van der Waals surface area contributed by atoms with Crippen LogP contribution in [0, 0.1) is 0 Å². The highest BCUT2D eigenvalue weighted by molar-refractivity contribution is 5.85. The molecule has 0 aliphatic carbocycles. The Bertz CT molecular complexity index is 822. The largest absolute Gasteiger partial charge is 0.465 e. The molecule has 0 fully saturated rings. The van der Waals surface area contributed by atoms with Crippen LogP contribution in [0.2, 0.25) is 0 Å². The molecule has 1 atom stereocenters. The van der Waals surface area contributed by atoms with Gasteiger partial charge in [0.2, 0.25) is 17.6 Å². The van der Waals surface area contributed by atoms with E-state index >= 15 is 0 Å². The molecule has 0 aliphatic rings. The van der Waals surface area contributed by atoms with Gasteiger partial charge in [0.1, 0.15) is 6.04 Å². The lowest BCUT2D eigenvalue weighted by Gasteiger charge is -2.12. The standard InChI is InChI=1S/C23H34N4O5/c1-2-3-4-5-6-7-8-9-10-17-11-13-18(14-12-17)21-26-20(32-27-21)15-24-22(29)19(16-28)25-23(30)31/h11-14,19,25,28H,2-10,15-16H2,1H3,(H,24,29)(H,30,31)/t19-/m0/s1. The molecule has 2 rings (SSSR count). The van der Waals surface area contributed by atoms with E-state index in [1.807, 2.05) is 17.4 Å². The molecule has 2 aromatic rings. The third-order valence-corrected chi connectivity index (χ3v) is 5.21. The highest BCUT2D eigenvalue weighted by Gasteiger charge is 2.20. The van der Waals surface area contributed by atoms with Crippen molar-refractivity contribution in [1.82, 2.24) is 20.8 Å². The van der Waals surface area contributed by atoms with Crippen LogP contribution < -0.4 is 10.6 Å². The summed E-state index contributed by atoms with van der Waals surface area (Å²) in [4.78, 5) is 26.8. The first kappa shape index (κ1) is 25.3. The Morgan fingerprint density at radius 2 is 1.69 bits per heavy atom. The molecule has 1 heterocycles. The average molecular weight is 447 g/mol. The van der Waals surface area contributed by atoms with E-state index in [0.717, 1.165) is 12.0 Å². The summed E-state index contributed by atoms with van der Waals surface area (Å²) in [5.41, 5.74) is 2.09. The van der Waals surface area contributed by atoms with Crippen LogP contribution in [0.15, 0.2) is 28.8 Å². The van der Waals surface area contributed by atoms with Crippen molar-refractivity contribution < 1.29 is 24.3 Å². The molecule has 32 heavy (non-hydrogen) atoms. The Kier molecular flexibility index (Phi) is 11.2. The minimum atomic E-state index is -1.40. The second-order valence-corrected chi connectivity index (χ2v) is 7.84. The number of amides is 2. The lowest BCUT2D eigenvalue weighted by Crippen LogP contribution is -2.48. The zero-order valence-corrected chi connectivity index (χ0v) is 18.7. The van der Waals surface area contributed by atoms with Gasteiger partial charge in [0, 0.05) is 5.56 Å². The smallest absolute Gasteiger partial charge is 0.405 e. The van der Waals surface area contributed by atoms with E-state index in [9.17, 15) is 9.59 Å². The molecule has 4 N–H and O–H groups in total. The Labute approximate surface area is 188 Å². The minimum absolute atomic E-state index is 0.0693. The van der Waals surface area contributed by atoms with Gasteiger partial charge in [0.05, 0.1) is 13.2 Å². The van der Waals surface area contributed by atoms with Gasteiger partial charge in [-0.2, -0.15) is 4.98 Å². The van der Waals surface area contributed by atoms with Crippen molar-refractivity contribution in [2.75, 3.05) is 6.61 Å². The molecule has 1 aromatic carbocycles. The van der Waals surface area contributed by atoms with E-state index in [4.69, 9.17) is 14.7 Å². The molecule has 1 aromatic heterocycles. The fourth-order valence-electron chi connectivity index (χ4n) is 3.36. The number of hydrogen-bond acceptors (Lipinski definition) is 6. The Morgan fingerprint density at radius 1 is 1.03 bits per heavy atom. The van der Waals surface area contributed by atoms with E-state index in [2.05, 4.69) is 34.5 Å². The van der Waals surface area contributed by atoms with Crippen LogP contribution >= 0.6 is 0 Å². The lowest BCUT2D eigenvalue weighted by atomic mass is 10.0. The van der Waals surface area contributed by atoms with Crippen molar-refractivity contribution in [3.63, 3.8) is 0 Å². The number of carbonyl (C=O) groups excluding carboxylic acids is 1. The number of carbonyl (C=O) groups is 2. The molecule has 0 saturated carbocycles. The van der Waals surface area contributed by atoms with Crippen LogP contribution in [0.4, 0.5) is 4.79 Å². The summed E-state index contributed by atoms with van der Waals surface area (Å²) in [6.07, 6.45) is 10.1. The number of aliphatic hydroxyl groups excluding tert-OH is 1.